The van der Waals surface area contributed by atoms with Gasteiger partial charge in [-0.2, -0.15) is 0 Å². The molecule has 3 N–H and O–H groups in total. The van der Waals surface area contributed by atoms with Crippen molar-refractivity contribution < 1.29 is 9.53 Å². The molecule has 2 aromatic rings. The fraction of sp³-hybridized carbons (Fsp3) is 0.350. The summed E-state index contributed by atoms with van der Waals surface area (Å²) >= 11 is 0. The number of anilines is 2. The van der Waals surface area contributed by atoms with Crippen molar-refractivity contribution >= 4 is 17.3 Å². The molecule has 0 aliphatic rings. The van der Waals surface area contributed by atoms with Gasteiger partial charge in [0.25, 0.3) is 5.91 Å². The predicted molar refractivity (Wildman–Crippen MR) is 99.5 cm³/mol. The first-order chi connectivity index (χ1) is 11.7. The zero-order valence-corrected chi connectivity index (χ0v) is 14.3. The van der Waals surface area contributed by atoms with Crippen LogP contribution in [0.1, 0.15) is 49.4 Å². The number of rotatable bonds is 9. The van der Waals surface area contributed by atoms with Gasteiger partial charge in [-0.05, 0) is 48.9 Å². The van der Waals surface area contributed by atoms with E-state index in [1.165, 1.54) is 25.7 Å². The maximum atomic E-state index is 12.2. The molecule has 4 heteroatoms. The number of hydrogen-bond donors (Lipinski definition) is 2. The van der Waals surface area contributed by atoms with Crippen LogP contribution in [0.5, 0.6) is 5.75 Å². The lowest BCUT2D eigenvalue weighted by Crippen LogP contribution is -2.11. The summed E-state index contributed by atoms with van der Waals surface area (Å²) < 4.78 is 5.71. The SMILES string of the molecule is CCCCCCCOc1ccc(C(=O)Nc2cccc(N)c2)cc1. The topological polar surface area (TPSA) is 64.3 Å². The van der Waals surface area contributed by atoms with Gasteiger partial charge in [-0.3, -0.25) is 4.79 Å². The molecule has 2 rings (SSSR count). The third-order valence-electron chi connectivity index (χ3n) is 3.78. The fourth-order valence-corrected chi connectivity index (χ4v) is 2.42. The van der Waals surface area contributed by atoms with Crippen LogP contribution in [0.25, 0.3) is 0 Å². The number of nitrogens with two attached hydrogens (primary N) is 1. The number of carbonyl (C=O) groups excluding carboxylic acids is 1. The monoisotopic (exact) mass is 326 g/mol. The highest BCUT2D eigenvalue weighted by molar-refractivity contribution is 6.04. The number of hydrogen-bond acceptors (Lipinski definition) is 3. The van der Waals surface area contributed by atoms with E-state index < -0.39 is 0 Å². The van der Waals surface area contributed by atoms with Crippen LogP contribution in [0.4, 0.5) is 11.4 Å². The highest BCUT2D eigenvalue weighted by Crippen LogP contribution is 2.16. The summed E-state index contributed by atoms with van der Waals surface area (Å²) in [6.07, 6.45) is 6.08. The number of benzene rings is 2. The molecular formula is C20H26N2O2. The van der Waals surface area contributed by atoms with Crippen molar-refractivity contribution in [2.45, 2.75) is 39.0 Å². The Kier molecular flexibility index (Phi) is 7.15. The number of nitrogen functional groups attached to an aromatic ring is 1. The summed E-state index contributed by atoms with van der Waals surface area (Å²) in [6.45, 7) is 2.93. The van der Waals surface area contributed by atoms with E-state index in [2.05, 4.69) is 12.2 Å². The van der Waals surface area contributed by atoms with E-state index in [1.807, 2.05) is 24.3 Å². The van der Waals surface area contributed by atoms with Crippen LogP contribution >= 0.6 is 0 Å². The standard InChI is InChI=1S/C20H26N2O2/c1-2-3-4-5-6-14-24-19-12-10-16(11-13-19)20(23)22-18-9-7-8-17(21)15-18/h7-13,15H,2-6,14,21H2,1H3,(H,22,23). The molecule has 0 unspecified atom stereocenters. The van der Waals surface area contributed by atoms with Gasteiger partial charge >= 0.3 is 0 Å². The number of amides is 1. The van der Waals surface area contributed by atoms with Crippen molar-refractivity contribution in [2.24, 2.45) is 0 Å². The molecule has 0 aliphatic carbocycles. The van der Waals surface area contributed by atoms with E-state index in [0.29, 0.717) is 16.9 Å². The summed E-state index contributed by atoms with van der Waals surface area (Å²) in [4.78, 5) is 12.2. The number of unbranched alkanes of at least 4 members (excludes halogenated alkanes) is 4. The lowest BCUT2D eigenvalue weighted by Gasteiger charge is -2.08. The first-order valence-electron chi connectivity index (χ1n) is 8.59. The van der Waals surface area contributed by atoms with Gasteiger partial charge in [0.05, 0.1) is 6.61 Å². The summed E-state index contributed by atoms with van der Waals surface area (Å²) in [5, 5.41) is 2.83. The molecule has 24 heavy (non-hydrogen) atoms. The Balaban J connectivity index is 1.79. The average molecular weight is 326 g/mol. The van der Waals surface area contributed by atoms with Crippen LogP contribution in [0.3, 0.4) is 0 Å². The second-order valence-electron chi connectivity index (χ2n) is 5.87. The highest BCUT2D eigenvalue weighted by Gasteiger charge is 2.06. The second-order valence-corrected chi connectivity index (χ2v) is 5.87. The molecule has 0 saturated carbocycles. The van der Waals surface area contributed by atoms with Gasteiger partial charge in [-0.1, -0.05) is 38.7 Å². The summed E-state index contributed by atoms with van der Waals surface area (Å²) in [7, 11) is 0. The molecule has 0 bridgehead atoms. The normalized spacial score (nSPS) is 10.4. The second kappa shape index (κ2) is 9.60. The average Bonchev–Trinajstić information content (AvgIpc) is 2.58. The van der Waals surface area contributed by atoms with Gasteiger partial charge in [0.1, 0.15) is 5.75 Å². The van der Waals surface area contributed by atoms with Crippen LogP contribution in [-0.4, -0.2) is 12.5 Å². The Bertz CT molecular complexity index is 638. The molecule has 0 aromatic heterocycles. The maximum Gasteiger partial charge on any atom is 0.255 e. The van der Waals surface area contributed by atoms with Crippen LogP contribution in [0.2, 0.25) is 0 Å². The highest BCUT2D eigenvalue weighted by atomic mass is 16.5. The Labute approximate surface area is 144 Å². The molecular weight excluding hydrogens is 300 g/mol. The lowest BCUT2D eigenvalue weighted by molar-refractivity contribution is 0.102. The first-order valence-corrected chi connectivity index (χ1v) is 8.59. The van der Waals surface area contributed by atoms with Gasteiger partial charge in [-0.25, -0.2) is 0 Å². The smallest absolute Gasteiger partial charge is 0.255 e. The lowest BCUT2D eigenvalue weighted by atomic mass is 10.1. The van der Waals surface area contributed by atoms with Crippen molar-refractivity contribution in [3.8, 4) is 5.75 Å². The zero-order valence-electron chi connectivity index (χ0n) is 14.3. The van der Waals surface area contributed by atoms with Gasteiger partial charge in [-0.15, -0.1) is 0 Å². The van der Waals surface area contributed by atoms with Crippen LogP contribution in [0, 0.1) is 0 Å². The van der Waals surface area contributed by atoms with Crippen LogP contribution in [-0.2, 0) is 0 Å². The van der Waals surface area contributed by atoms with E-state index >= 15 is 0 Å². The quantitative estimate of drug-likeness (QED) is 0.510. The molecule has 0 aliphatic heterocycles. The Morgan fingerprint density at radius 3 is 2.50 bits per heavy atom. The van der Waals surface area contributed by atoms with Crippen molar-refractivity contribution in [1.82, 2.24) is 0 Å². The molecule has 0 atom stereocenters. The third-order valence-corrected chi connectivity index (χ3v) is 3.78. The third kappa shape index (κ3) is 5.95. The van der Waals surface area contributed by atoms with Crippen molar-refractivity contribution in [2.75, 3.05) is 17.7 Å². The largest absolute Gasteiger partial charge is 0.494 e. The molecule has 128 valence electrons. The zero-order chi connectivity index (χ0) is 17.2. The first kappa shape index (κ1) is 17.9. The minimum Gasteiger partial charge on any atom is -0.494 e. The minimum atomic E-state index is -0.160. The van der Waals surface area contributed by atoms with Crippen molar-refractivity contribution in [1.29, 1.82) is 0 Å². The molecule has 0 saturated heterocycles. The van der Waals surface area contributed by atoms with E-state index in [9.17, 15) is 4.79 Å². The van der Waals surface area contributed by atoms with Crippen molar-refractivity contribution in [3.05, 3.63) is 54.1 Å². The predicted octanol–water partition coefficient (Wildman–Crippen LogP) is 4.87. The molecule has 0 radical (unpaired) electrons. The molecule has 4 nitrogen and oxygen atoms in total. The van der Waals surface area contributed by atoms with E-state index in [-0.39, 0.29) is 5.91 Å². The van der Waals surface area contributed by atoms with Crippen LogP contribution < -0.4 is 15.8 Å². The number of nitrogens with one attached hydrogen (secondary N) is 1. The molecule has 0 fully saturated rings. The minimum absolute atomic E-state index is 0.160. The Morgan fingerprint density at radius 2 is 1.79 bits per heavy atom. The number of carbonyl (C=O) groups is 1. The van der Waals surface area contributed by atoms with Gasteiger partial charge in [0, 0.05) is 16.9 Å². The van der Waals surface area contributed by atoms with Crippen LogP contribution in [0.15, 0.2) is 48.5 Å². The van der Waals surface area contributed by atoms with Crippen molar-refractivity contribution in [3.63, 3.8) is 0 Å². The Hall–Kier alpha value is -2.49. The van der Waals surface area contributed by atoms with E-state index in [0.717, 1.165) is 18.8 Å². The molecule has 2 aromatic carbocycles. The number of ether oxygens (including phenoxy) is 1. The molecule has 0 heterocycles. The fourth-order valence-electron chi connectivity index (χ4n) is 2.42. The summed E-state index contributed by atoms with van der Waals surface area (Å²) in [5.41, 5.74) is 7.61. The maximum absolute atomic E-state index is 12.2. The molecule has 0 spiro atoms. The van der Waals surface area contributed by atoms with Gasteiger partial charge < -0.3 is 15.8 Å². The van der Waals surface area contributed by atoms with Gasteiger partial charge in [0.2, 0.25) is 0 Å². The molecule has 1 amide bonds. The summed E-state index contributed by atoms with van der Waals surface area (Å²) in [5.74, 6) is 0.637. The summed E-state index contributed by atoms with van der Waals surface area (Å²) in [6, 6.07) is 14.3. The van der Waals surface area contributed by atoms with E-state index in [1.54, 1.807) is 24.3 Å². The Morgan fingerprint density at radius 1 is 1.04 bits per heavy atom. The van der Waals surface area contributed by atoms with Gasteiger partial charge in [0.15, 0.2) is 0 Å². The van der Waals surface area contributed by atoms with E-state index in [4.69, 9.17) is 10.5 Å².